The summed E-state index contributed by atoms with van der Waals surface area (Å²) in [5, 5.41) is 6.18. The molecule has 1 aromatic heterocycles. The summed E-state index contributed by atoms with van der Waals surface area (Å²) in [6, 6.07) is 17.2. The SMILES string of the molecule is COc1ccccc1NC(=O)c1cc(C(=O)NCc2ccc(Cl)cc2)ccn1. The molecule has 3 aromatic rings. The number of halogens is 1. The van der Waals surface area contributed by atoms with Gasteiger partial charge in [-0.15, -0.1) is 0 Å². The van der Waals surface area contributed by atoms with Gasteiger partial charge in [-0.25, -0.2) is 0 Å². The molecule has 0 saturated heterocycles. The van der Waals surface area contributed by atoms with Gasteiger partial charge in [-0.05, 0) is 42.0 Å². The van der Waals surface area contributed by atoms with Crippen molar-refractivity contribution < 1.29 is 14.3 Å². The van der Waals surface area contributed by atoms with Gasteiger partial charge in [0.2, 0.25) is 0 Å². The van der Waals surface area contributed by atoms with Crippen LogP contribution in [0.25, 0.3) is 0 Å². The molecule has 2 amide bonds. The van der Waals surface area contributed by atoms with Crippen LogP contribution in [0, 0.1) is 0 Å². The number of rotatable bonds is 6. The molecule has 28 heavy (non-hydrogen) atoms. The van der Waals surface area contributed by atoms with Crippen LogP contribution in [0.3, 0.4) is 0 Å². The van der Waals surface area contributed by atoms with E-state index in [9.17, 15) is 9.59 Å². The van der Waals surface area contributed by atoms with Crippen molar-refractivity contribution in [2.24, 2.45) is 0 Å². The molecule has 3 rings (SSSR count). The van der Waals surface area contributed by atoms with Gasteiger partial charge in [0.25, 0.3) is 11.8 Å². The molecule has 1 heterocycles. The maximum Gasteiger partial charge on any atom is 0.274 e. The number of anilines is 1. The van der Waals surface area contributed by atoms with Crippen LogP contribution in [-0.2, 0) is 6.54 Å². The van der Waals surface area contributed by atoms with Gasteiger partial charge in [-0.3, -0.25) is 14.6 Å². The molecule has 0 aliphatic rings. The number of nitrogens with zero attached hydrogens (tertiary/aromatic N) is 1. The Balaban J connectivity index is 1.68. The summed E-state index contributed by atoms with van der Waals surface area (Å²) in [4.78, 5) is 29.0. The Morgan fingerprint density at radius 2 is 1.79 bits per heavy atom. The van der Waals surface area contributed by atoms with Crippen LogP contribution in [0.5, 0.6) is 5.75 Å². The molecule has 142 valence electrons. The maximum absolute atomic E-state index is 12.5. The van der Waals surface area contributed by atoms with Crippen LogP contribution < -0.4 is 15.4 Å². The topological polar surface area (TPSA) is 80.3 Å². The molecule has 7 heteroatoms. The minimum absolute atomic E-state index is 0.130. The fraction of sp³-hybridized carbons (Fsp3) is 0.0952. The van der Waals surface area contributed by atoms with Crippen molar-refractivity contribution in [1.82, 2.24) is 10.3 Å². The molecule has 0 atom stereocenters. The first-order valence-electron chi connectivity index (χ1n) is 8.50. The Kier molecular flexibility index (Phi) is 6.24. The van der Waals surface area contributed by atoms with E-state index in [0.717, 1.165) is 5.56 Å². The molecule has 0 spiro atoms. The first-order chi connectivity index (χ1) is 13.6. The van der Waals surface area contributed by atoms with Gasteiger partial charge in [-0.2, -0.15) is 0 Å². The quantitative estimate of drug-likeness (QED) is 0.662. The molecule has 0 fully saturated rings. The fourth-order valence-electron chi connectivity index (χ4n) is 2.52. The van der Waals surface area contributed by atoms with E-state index in [2.05, 4.69) is 15.6 Å². The van der Waals surface area contributed by atoms with Gasteiger partial charge in [0.05, 0.1) is 12.8 Å². The number of hydrogen-bond donors (Lipinski definition) is 2. The number of ether oxygens (including phenoxy) is 1. The van der Waals surface area contributed by atoms with Crippen molar-refractivity contribution in [3.63, 3.8) is 0 Å². The molecular formula is C21H18ClN3O3. The van der Waals surface area contributed by atoms with Crippen molar-refractivity contribution in [1.29, 1.82) is 0 Å². The summed E-state index contributed by atoms with van der Waals surface area (Å²) >= 11 is 5.85. The predicted molar refractivity (Wildman–Crippen MR) is 108 cm³/mol. The summed E-state index contributed by atoms with van der Waals surface area (Å²) in [6.07, 6.45) is 1.42. The largest absolute Gasteiger partial charge is 0.495 e. The van der Waals surface area contributed by atoms with E-state index in [-0.39, 0.29) is 11.6 Å². The van der Waals surface area contributed by atoms with E-state index >= 15 is 0 Å². The smallest absolute Gasteiger partial charge is 0.274 e. The highest BCUT2D eigenvalue weighted by Gasteiger charge is 2.13. The molecule has 6 nitrogen and oxygen atoms in total. The van der Waals surface area contributed by atoms with Crippen molar-refractivity contribution in [3.05, 3.63) is 88.7 Å². The summed E-state index contributed by atoms with van der Waals surface area (Å²) in [7, 11) is 1.52. The van der Waals surface area contributed by atoms with Crippen LogP contribution in [-0.4, -0.2) is 23.9 Å². The van der Waals surface area contributed by atoms with Gasteiger partial charge in [-0.1, -0.05) is 35.9 Å². The zero-order valence-electron chi connectivity index (χ0n) is 15.1. The van der Waals surface area contributed by atoms with E-state index in [0.29, 0.717) is 28.6 Å². The lowest BCUT2D eigenvalue weighted by Crippen LogP contribution is -2.23. The van der Waals surface area contributed by atoms with E-state index in [1.807, 2.05) is 12.1 Å². The summed E-state index contributed by atoms with van der Waals surface area (Å²) in [5.41, 5.74) is 1.91. The van der Waals surface area contributed by atoms with E-state index in [4.69, 9.17) is 16.3 Å². The van der Waals surface area contributed by atoms with Crippen molar-refractivity contribution in [2.75, 3.05) is 12.4 Å². The standard InChI is InChI=1S/C21H18ClN3O3/c1-28-19-5-3-2-4-17(19)25-21(27)18-12-15(10-11-23-18)20(26)24-13-14-6-8-16(22)9-7-14/h2-12H,13H2,1H3,(H,24,26)(H,25,27). The Bertz CT molecular complexity index is 990. The van der Waals surface area contributed by atoms with Crippen molar-refractivity contribution >= 4 is 29.1 Å². The molecule has 0 radical (unpaired) electrons. The average molecular weight is 396 g/mol. The third-order valence-corrected chi connectivity index (χ3v) is 4.23. The Hall–Kier alpha value is -3.38. The summed E-state index contributed by atoms with van der Waals surface area (Å²) < 4.78 is 5.22. The number of carbonyl (C=O) groups excluding carboxylic acids is 2. The Labute approximate surface area is 167 Å². The molecule has 2 N–H and O–H groups in total. The first-order valence-corrected chi connectivity index (χ1v) is 8.87. The molecule has 0 saturated carbocycles. The van der Waals surface area contributed by atoms with E-state index < -0.39 is 5.91 Å². The van der Waals surface area contributed by atoms with Gasteiger partial charge < -0.3 is 15.4 Å². The fourth-order valence-corrected chi connectivity index (χ4v) is 2.64. The zero-order chi connectivity index (χ0) is 19.9. The highest BCUT2D eigenvalue weighted by molar-refractivity contribution is 6.30. The third-order valence-electron chi connectivity index (χ3n) is 3.98. The zero-order valence-corrected chi connectivity index (χ0v) is 15.9. The van der Waals surface area contributed by atoms with Crippen molar-refractivity contribution in [3.8, 4) is 5.75 Å². The predicted octanol–water partition coefficient (Wildman–Crippen LogP) is 3.93. The van der Waals surface area contributed by atoms with Gasteiger partial charge in [0.1, 0.15) is 11.4 Å². The number of methoxy groups -OCH3 is 1. The molecule has 0 aliphatic heterocycles. The highest BCUT2D eigenvalue weighted by Crippen LogP contribution is 2.23. The average Bonchev–Trinajstić information content (AvgIpc) is 2.73. The normalized spacial score (nSPS) is 10.2. The van der Waals surface area contributed by atoms with Crippen LogP contribution in [0.4, 0.5) is 5.69 Å². The highest BCUT2D eigenvalue weighted by atomic mass is 35.5. The Morgan fingerprint density at radius 3 is 2.54 bits per heavy atom. The molecule has 0 aliphatic carbocycles. The van der Waals surface area contributed by atoms with Crippen LogP contribution >= 0.6 is 11.6 Å². The summed E-state index contributed by atoms with van der Waals surface area (Å²) in [5.74, 6) is -0.201. The molecule has 0 unspecified atom stereocenters. The number of nitrogens with one attached hydrogen (secondary N) is 2. The van der Waals surface area contributed by atoms with E-state index in [1.165, 1.54) is 19.4 Å². The second-order valence-electron chi connectivity index (χ2n) is 5.89. The third kappa shape index (κ3) is 4.86. The van der Waals surface area contributed by atoms with E-state index in [1.54, 1.807) is 42.5 Å². The number of hydrogen-bond acceptors (Lipinski definition) is 4. The molecule has 0 bridgehead atoms. The molecule has 2 aromatic carbocycles. The van der Waals surface area contributed by atoms with Crippen LogP contribution in [0.1, 0.15) is 26.4 Å². The van der Waals surface area contributed by atoms with Gasteiger partial charge in [0, 0.05) is 23.3 Å². The number of benzene rings is 2. The van der Waals surface area contributed by atoms with Crippen molar-refractivity contribution in [2.45, 2.75) is 6.54 Å². The molecular weight excluding hydrogens is 378 g/mol. The lowest BCUT2D eigenvalue weighted by Gasteiger charge is -2.10. The lowest BCUT2D eigenvalue weighted by molar-refractivity contribution is 0.0951. The number of pyridine rings is 1. The minimum atomic E-state index is -0.433. The van der Waals surface area contributed by atoms with Gasteiger partial charge >= 0.3 is 0 Å². The minimum Gasteiger partial charge on any atom is -0.495 e. The lowest BCUT2D eigenvalue weighted by atomic mass is 10.2. The number of carbonyl (C=O) groups is 2. The number of para-hydroxylation sites is 2. The second kappa shape index (κ2) is 9.01. The van der Waals surface area contributed by atoms with Gasteiger partial charge in [0.15, 0.2) is 0 Å². The van der Waals surface area contributed by atoms with Crippen LogP contribution in [0.15, 0.2) is 66.9 Å². The first kappa shape index (κ1) is 19.4. The monoisotopic (exact) mass is 395 g/mol. The number of amides is 2. The maximum atomic E-state index is 12.5. The second-order valence-corrected chi connectivity index (χ2v) is 6.33. The van der Waals surface area contributed by atoms with Crippen LogP contribution in [0.2, 0.25) is 5.02 Å². The number of aromatic nitrogens is 1. The summed E-state index contributed by atoms with van der Waals surface area (Å²) in [6.45, 7) is 0.348. The Morgan fingerprint density at radius 1 is 1.04 bits per heavy atom.